The molecule has 0 spiro atoms. The van der Waals surface area contributed by atoms with Gasteiger partial charge in [-0.15, -0.1) is 0 Å². The SMILES string of the molecule is O=c1[nH]cnn2cc(Br)c(Cl)c12.O=c1[nH]cnn2ccc(Cl)c12.[B]=NS. The first-order valence-corrected chi connectivity index (χ1v) is 8.50. The van der Waals surface area contributed by atoms with Gasteiger partial charge in [0.25, 0.3) is 11.1 Å². The molecular formula is C12H8BBrCl2N7O2S. The Hall–Kier alpha value is -1.89. The second-order valence-corrected chi connectivity index (χ2v) is 6.26. The first-order chi connectivity index (χ1) is 12.4. The average molecular weight is 476 g/mol. The van der Waals surface area contributed by atoms with Gasteiger partial charge in [-0.2, -0.15) is 10.2 Å². The molecule has 0 aromatic carbocycles. The van der Waals surface area contributed by atoms with Crippen LogP contribution in [0, 0.1) is 0 Å². The molecule has 0 fully saturated rings. The maximum absolute atomic E-state index is 11.2. The van der Waals surface area contributed by atoms with E-state index < -0.39 is 0 Å². The number of hydrogen-bond donors (Lipinski definition) is 3. The minimum absolute atomic E-state index is 0.227. The van der Waals surface area contributed by atoms with Crippen LogP contribution in [0.5, 0.6) is 0 Å². The van der Waals surface area contributed by atoms with Crippen LogP contribution in [0.2, 0.25) is 10.0 Å². The van der Waals surface area contributed by atoms with E-state index in [2.05, 4.69) is 60.8 Å². The molecule has 4 rings (SSSR count). The number of thiol groups is 1. The number of H-pyrrole nitrogens is 2. The fourth-order valence-corrected chi connectivity index (χ4v) is 2.71. The van der Waals surface area contributed by atoms with Crippen molar-refractivity contribution in [2.45, 2.75) is 0 Å². The van der Waals surface area contributed by atoms with Crippen LogP contribution < -0.4 is 11.1 Å². The van der Waals surface area contributed by atoms with E-state index in [9.17, 15) is 9.59 Å². The van der Waals surface area contributed by atoms with Crippen LogP contribution in [-0.4, -0.2) is 36.8 Å². The molecule has 133 valence electrons. The molecule has 4 aromatic heterocycles. The van der Waals surface area contributed by atoms with E-state index in [0.29, 0.717) is 25.6 Å². The third-order valence-electron chi connectivity index (χ3n) is 2.89. The zero-order chi connectivity index (χ0) is 19.3. The van der Waals surface area contributed by atoms with Gasteiger partial charge < -0.3 is 9.97 Å². The molecule has 0 saturated heterocycles. The van der Waals surface area contributed by atoms with E-state index in [1.54, 1.807) is 18.5 Å². The molecule has 0 aliphatic heterocycles. The van der Waals surface area contributed by atoms with Crippen molar-refractivity contribution < 1.29 is 0 Å². The van der Waals surface area contributed by atoms with Gasteiger partial charge in [0.1, 0.15) is 23.7 Å². The van der Waals surface area contributed by atoms with E-state index in [1.165, 1.54) is 21.7 Å². The molecule has 0 aliphatic rings. The van der Waals surface area contributed by atoms with Gasteiger partial charge >= 0.3 is 24.8 Å². The van der Waals surface area contributed by atoms with Crippen LogP contribution in [0.15, 0.2) is 49.5 Å². The standard InChI is InChI=1S/C6H3BrClN3O.C6H4ClN3O.BHNS/c7-3-1-11-5(4(3)8)6(12)9-2-10-11;7-4-1-2-10-5(4)6(11)8-3-9-10;1-2-3/h1-2H,(H,9,10,12);1-3H,(H,8,9,11);3H. The zero-order valence-electron chi connectivity index (χ0n) is 12.6. The molecule has 0 amide bonds. The molecule has 4 aromatic rings. The summed E-state index contributed by atoms with van der Waals surface area (Å²) in [6.07, 6.45) is 5.91. The van der Waals surface area contributed by atoms with Crippen molar-refractivity contribution in [2.75, 3.05) is 0 Å². The number of aromatic nitrogens is 6. The van der Waals surface area contributed by atoms with Crippen molar-refractivity contribution in [3.8, 4) is 0 Å². The van der Waals surface area contributed by atoms with E-state index in [-0.39, 0.29) is 11.1 Å². The van der Waals surface area contributed by atoms with Crippen molar-refractivity contribution >= 4 is 70.6 Å². The Labute approximate surface area is 170 Å². The molecule has 9 nitrogen and oxygen atoms in total. The van der Waals surface area contributed by atoms with Crippen molar-refractivity contribution in [1.82, 2.24) is 29.2 Å². The summed E-state index contributed by atoms with van der Waals surface area (Å²) >= 11 is 17.9. The van der Waals surface area contributed by atoms with Gasteiger partial charge in [-0.3, -0.25) is 9.59 Å². The van der Waals surface area contributed by atoms with Crippen LogP contribution in [0.4, 0.5) is 0 Å². The molecule has 4 heterocycles. The van der Waals surface area contributed by atoms with Crippen LogP contribution in [0.1, 0.15) is 0 Å². The third-order valence-corrected chi connectivity index (χ3v) is 4.40. The van der Waals surface area contributed by atoms with E-state index in [4.69, 9.17) is 23.2 Å². The molecule has 0 saturated carbocycles. The molecule has 0 bridgehead atoms. The first-order valence-electron chi connectivity index (χ1n) is 6.55. The average Bonchev–Trinajstić information content (AvgIpc) is 3.11. The zero-order valence-corrected chi connectivity index (χ0v) is 16.6. The van der Waals surface area contributed by atoms with Gasteiger partial charge in [-0.25, -0.2) is 9.03 Å². The summed E-state index contributed by atoms with van der Waals surface area (Å²) in [4.78, 5) is 27.1. The van der Waals surface area contributed by atoms with Gasteiger partial charge in [0.2, 0.25) is 0 Å². The quantitative estimate of drug-likeness (QED) is 0.267. The Bertz CT molecular complexity index is 1170. The Kier molecular flexibility index (Phi) is 7.20. The Morgan fingerprint density at radius 2 is 1.65 bits per heavy atom. The monoisotopic (exact) mass is 474 g/mol. The number of hydrogen-bond acceptors (Lipinski definition) is 6. The molecule has 0 unspecified atom stereocenters. The fourth-order valence-electron chi connectivity index (χ4n) is 1.88. The molecule has 1 radical (unpaired) electrons. The number of rotatable bonds is 0. The van der Waals surface area contributed by atoms with E-state index >= 15 is 0 Å². The Morgan fingerprint density at radius 1 is 1.12 bits per heavy atom. The van der Waals surface area contributed by atoms with Crippen LogP contribution >= 0.6 is 51.9 Å². The second kappa shape index (κ2) is 9.17. The summed E-state index contributed by atoms with van der Waals surface area (Å²) in [5.74, 6) is 0. The van der Waals surface area contributed by atoms with Crippen LogP contribution in [-0.2, 0) is 0 Å². The number of halogens is 3. The molecule has 0 aliphatic carbocycles. The van der Waals surface area contributed by atoms with Crippen molar-refractivity contribution in [3.05, 3.63) is 66.3 Å². The topological polar surface area (TPSA) is 113 Å². The molecule has 0 atom stereocenters. The Balaban J connectivity index is 0.000000163. The molecule has 26 heavy (non-hydrogen) atoms. The van der Waals surface area contributed by atoms with E-state index in [0.717, 1.165) is 0 Å². The summed E-state index contributed by atoms with van der Waals surface area (Å²) in [5, 5.41) is 8.51. The van der Waals surface area contributed by atoms with Crippen molar-refractivity contribution in [2.24, 2.45) is 4.30 Å². The molecular weight excluding hydrogens is 468 g/mol. The van der Waals surface area contributed by atoms with E-state index in [1.807, 2.05) is 0 Å². The number of aromatic amines is 2. The van der Waals surface area contributed by atoms with Crippen molar-refractivity contribution in [1.29, 1.82) is 0 Å². The normalized spacial score (nSPS) is 9.96. The third kappa shape index (κ3) is 4.44. The van der Waals surface area contributed by atoms with Gasteiger partial charge in [-0.1, -0.05) is 23.2 Å². The predicted molar refractivity (Wildman–Crippen MR) is 107 cm³/mol. The molecule has 2 N–H and O–H groups in total. The maximum atomic E-state index is 11.2. The van der Waals surface area contributed by atoms with Crippen molar-refractivity contribution in [3.63, 3.8) is 0 Å². The summed E-state index contributed by atoms with van der Waals surface area (Å²) in [6, 6.07) is 1.62. The number of nitrogens with one attached hydrogen (secondary N) is 2. The summed E-state index contributed by atoms with van der Waals surface area (Å²) in [7, 11) is 4.34. The van der Waals surface area contributed by atoms with Gasteiger partial charge in [0, 0.05) is 12.4 Å². The summed E-state index contributed by atoms with van der Waals surface area (Å²) < 4.78 is 6.21. The number of fused-ring (bicyclic) bond motifs is 2. The fraction of sp³-hybridized carbons (Fsp3) is 0. The minimum atomic E-state index is -0.249. The van der Waals surface area contributed by atoms with Crippen LogP contribution in [0.25, 0.3) is 11.0 Å². The molecule has 14 heteroatoms. The van der Waals surface area contributed by atoms with Gasteiger partial charge in [0.15, 0.2) is 0 Å². The summed E-state index contributed by atoms with van der Waals surface area (Å²) in [5.41, 5.74) is 0.260. The first kappa shape index (κ1) is 20.4. The van der Waals surface area contributed by atoms with Crippen LogP contribution in [0.3, 0.4) is 0 Å². The second-order valence-electron chi connectivity index (χ2n) is 4.39. The predicted octanol–water partition coefficient (Wildman–Crippen LogP) is 2.30. The number of nitrogens with zero attached hydrogens (tertiary/aromatic N) is 5. The summed E-state index contributed by atoms with van der Waals surface area (Å²) in [6.45, 7) is 0. The Morgan fingerprint density at radius 3 is 2.19 bits per heavy atom. The van der Waals surface area contributed by atoms with Gasteiger partial charge in [-0.05, 0) is 22.0 Å². The van der Waals surface area contributed by atoms with Gasteiger partial charge in [0.05, 0.1) is 14.5 Å².